The molecule has 8 heteroatoms. The van der Waals surface area contributed by atoms with Crippen LogP contribution in [0.3, 0.4) is 0 Å². The van der Waals surface area contributed by atoms with Crippen LogP contribution in [-0.4, -0.2) is 46.8 Å². The highest BCUT2D eigenvalue weighted by molar-refractivity contribution is 6.32. The fraction of sp³-hybridized carbons (Fsp3) is 0.333. The van der Waals surface area contributed by atoms with E-state index in [1.165, 1.54) is 18.5 Å². The number of halogens is 1. The number of nitrogens with zero attached hydrogens (tertiary/aromatic N) is 3. The molecule has 1 aliphatic rings. The molecule has 1 aliphatic heterocycles. The third-order valence-corrected chi connectivity index (χ3v) is 4.76. The Morgan fingerprint density at radius 3 is 2.85 bits per heavy atom. The maximum Gasteiger partial charge on any atom is 0.143 e. The number of aromatic amines is 1. The van der Waals surface area contributed by atoms with Gasteiger partial charge in [0.05, 0.1) is 5.39 Å². The van der Waals surface area contributed by atoms with E-state index in [9.17, 15) is 4.39 Å². The van der Waals surface area contributed by atoms with Crippen molar-refractivity contribution in [3.05, 3.63) is 42.1 Å². The van der Waals surface area contributed by atoms with E-state index in [2.05, 4.69) is 25.2 Å². The molecule has 4 N–H and O–H groups in total. The molecule has 4 rings (SSSR count). The van der Waals surface area contributed by atoms with Gasteiger partial charge in [-0.05, 0) is 49.7 Å². The zero-order chi connectivity index (χ0) is 18.1. The van der Waals surface area contributed by atoms with Crippen LogP contribution < -0.4 is 16.5 Å². The molecule has 0 spiro atoms. The molecule has 0 amide bonds. The van der Waals surface area contributed by atoms with Crippen LogP contribution in [0.5, 0.6) is 0 Å². The molecule has 0 aliphatic carbocycles. The monoisotopic (exact) mass is 350 g/mol. The number of nitrogens with two attached hydrogens (primary N) is 1. The van der Waals surface area contributed by atoms with E-state index in [4.69, 9.17) is 13.6 Å². The quantitative estimate of drug-likeness (QED) is 0.622. The summed E-state index contributed by atoms with van der Waals surface area (Å²) >= 11 is 0. The average molecular weight is 350 g/mol. The summed E-state index contributed by atoms with van der Waals surface area (Å²) < 4.78 is 13.6. The van der Waals surface area contributed by atoms with Gasteiger partial charge < -0.3 is 16.0 Å². The number of rotatable bonds is 4. The predicted octanol–water partition coefficient (Wildman–Crippen LogP) is 1.56. The van der Waals surface area contributed by atoms with E-state index in [1.807, 2.05) is 6.20 Å². The number of hydrogen-bond donors (Lipinski definition) is 3. The molecule has 1 saturated heterocycles. The molecule has 1 aromatic carbocycles. The maximum atomic E-state index is 13.6. The van der Waals surface area contributed by atoms with Crippen LogP contribution in [-0.2, 0) is 6.54 Å². The van der Waals surface area contributed by atoms with E-state index >= 15 is 0 Å². The zero-order valence-electron chi connectivity index (χ0n) is 14.4. The molecule has 2 aromatic heterocycles. The van der Waals surface area contributed by atoms with Crippen molar-refractivity contribution in [2.24, 2.45) is 5.73 Å². The largest absolute Gasteiger partial charge is 0.346 e. The molecule has 26 heavy (non-hydrogen) atoms. The lowest BCUT2D eigenvalue weighted by Gasteiger charge is -2.29. The number of piperidine rings is 1. The second kappa shape index (κ2) is 7.05. The highest BCUT2D eigenvalue weighted by Crippen LogP contribution is 2.27. The van der Waals surface area contributed by atoms with E-state index in [1.54, 1.807) is 6.07 Å². The third-order valence-electron chi connectivity index (χ3n) is 4.76. The van der Waals surface area contributed by atoms with Crippen molar-refractivity contribution in [1.29, 1.82) is 0 Å². The Balaban J connectivity index is 1.63. The normalized spacial score (nSPS) is 16.2. The molecular weight excluding hydrogens is 330 g/mol. The highest BCUT2D eigenvalue weighted by atomic mass is 19.1. The molecule has 2 radical (unpaired) electrons. The first-order chi connectivity index (χ1) is 12.6. The third kappa shape index (κ3) is 3.56. The minimum absolute atomic E-state index is 0.299. The fourth-order valence-corrected chi connectivity index (χ4v) is 3.42. The summed E-state index contributed by atoms with van der Waals surface area (Å²) in [7, 11) is 5.73. The van der Waals surface area contributed by atoms with Crippen molar-refractivity contribution >= 4 is 35.8 Å². The molecule has 0 unspecified atom stereocenters. The van der Waals surface area contributed by atoms with Crippen LogP contribution in [0.4, 0.5) is 15.9 Å². The van der Waals surface area contributed by atoms with Gasteiger partial charge in [-0.1, -0.05) is 5.46 Å². The first-order valence-corrected chi connectivity index (χ1v) is 8.70. The standard InChI is InChI=1S/C18H20BFN6/c19-12-5-13(20)7-15(6-12)25-18-16-11(8-22-17(16)23-10-24-18)9-26-3-1-14(21)2-4-26/h5-8,10,14H,1-4,9,21H2,(H2,22,23,24,25). The Morgan fingerprint density at radius 1 is 1.27 bits per heavy atom. The summed E-state index contributed by atoms with van der Waals surface area (Å²) in [6.45, 7) is 2.75. The van der Waals surface area contributed by atoms with Gasteiger partial charge in [-0.25, -0.2) is 14.4 Å². The Morgan fingerprint density at radius 2 is 2.08 bits per heavy atom. The lowest BCUT2D eigenvalue weighted by molar-refractivity contribution is 0.206. The van der Waals surface area contributed by atoms with Gasteiger partial charge >= 0.3 is 0 Å². The van der Waals surface area contributed by atoms with Gasteiger partial charge in [0.25, 0.3) is 0 Å². The summed E-state index contributed by atoms with van der Waals surface area (Å²) in [5.74, 6) is 0.238. The van der Waals surface area contributed by atoms with Gasteiger partial charge in [0.15, 0.2) is 0 Å². The van der Waals surface area contributed by atoms with Crippen molar-refractivity contribution in [2.45, 2.75) is 25.4 Å². The van der Waals surface area contributed by atoms with Gasteiger partial charge in [0.1, 0.15) is 31.5 Å². The molecule has 3 aromatic rings. The van der Waals surface area contributed by atoms with E-state index in [0.717, 1.165) is 49.1 Å². The topological polar surface area (TPSA) is 82.9 Å². The minimum Gasteiger partial charge on any atom is -0.346 e. The summed E-state index contributed by atoms with van der Waals surface area (Å²) in [5.41, 5.74) is 8.75. The maximum absolute atomic E-state index is 13.6. The lowest BCUT2D eigenvalue weighted by Crippen LogP contribution is -2.39. The van der Waals surface area contributed by atoms with Crippen LogP contribution >= 0.6 is 0 Å². The van der Waals surface area contributed by atoms with Crippen molar-refractivity contribution < 1.29 is 4.39 Å². The summed E-state index contributed by atoms with van der Waals surface area (Å²) in [5, 5.41) is 4.08. The minimum atomic E-state index is -0.392. The number of H-pyrrole nitrogens is 1. The second-order valence-electron chi connectivity index (χ2n) is 6.77. The van der Waals surface area contributed by atoms with Gasteiger partial charge in [0.2, 0.25) is 0 Å². The van der Waals surface area contributed by atoms with Gasteiger partial charge in [-0.3, -0.25) is 4.90 Å². The lowest BCUT2D eigenvalue weighted by atomic mass is 9.96. The highest BCUT2D eigenvalue weighted by Gasteiger charge is 2.19. The first-order valence-electron chi connectivity index (χ1n) is 8.70. The number of aromatic nitrogens is 3. The second-order valence-corrected chi connectivity index (χ2v) is 6.77. The molecule has 0 saturated carbocycles. The Hall–Kier alpha value is -2.45. The van der Waals surface area contributed by atoms with E-state index in [0.29, 0.717) is 23.0 Å². The van der Waals surface area contributed by atoms with Crippen molar-refractivity contribution in [3.63, 3.8) is 0 Å². The van der Waals surface area contributed by atoms with Crippen LogP contribution in [0.15, 0.2) is 30.7 Å². The zero-order valence-corrected chi connectivity index (χ0v) is 14.4. The summed E-state index contributed by atoms with van der Waals surface area (Å²) in [6, 6.07) is 4.65. The molecule has 0 atom stereocenters. The smallest absolute Gasteiger partial charge is 0.143 e. The molecule has 0 bridgehead atoms. The van der Waals surface area contributed by atoms with Crippen molar-refractivity contribution in [2.75, 3.05) is 18.4 Å². The Labute approximate surface area is 152 Å². The predicted molar refractivity (Wildman–Crippen MR) is 101 cm³/mol. The molecule has 6 nitrogen and oxygen atoms in total. The van der Waals surface area contributed by atoms with Crippen LogP contribution in [0.1, 0.15) is 18.4 Å². The Bertz CT molecular complexity index is 899. The van der Waals surface area contributed by atoms with Gasteiger partial charge in [0, 0.05) is 24.5 Å². The number of hydrogen-bond acceptors (Lipinski definition) is 5. The number of nitrogens with one attached hydrogen (secondary N) is 2. The first kappa shape index (κ1) is 17.0. The van der Waals surface area contributed by atoms with Crippen LogP contribution in [0.2, 0.25) is 0 Å². The molecular formula is C18H20BFN6. The van der Waals surface area contributed by atoms with E-state index < -0.39 is 5.82 Å². The average Bonchev–Trinajstić information content (AvgIpc) is 3.00. The van der Waals surface area contributed by atoms with Gasteiger partial charge in [-0.15, -0.1) is 0 Å². The molecule has 1 fully saturated rings. The number of anilines is 2. The molecule has 132 valence electrons. The molecule has 3 heterocycles. The van der Waals surface area contributed by atoms with Crippen LogP contribution in [0.25, 0.3) is 11.0 Å². The number of benzene rings is 1. The fourth-order valence-electron chi connectivity index (χ4n) is 3.42. The Kier molecular flexibility index (Phi) is 4.61. The van der Waals surface area contributed by atoms with Gasteiger partial charge in [-0.2, -0.15) is 0 Å². The summed E-state index contributed by atoms with van der Waals surface area (Å²) in [6.07, 6.45) is 5.45. The SMILES string of the molecule is [B]c1cc(F)cc(Nc2ncnc3[nH]cc(CN4CCC(N)CC4)c23)c1. The van der Waals surface area contributed by atoms with Crippen molar-refractivity contribution in [1.82, 2.24) is 19.9 Å². The summed E-state index contributed by atoms with van der Waals surface area (Å²) in [4.78, 5) is 14.2. The number of fused-ring (bicyclic) bond motifs is 1. The van der Waals surface area contributed by atoms with E-state index in [-0.39, 0.29) is 0 Å². The van der Waals surface area contributed by atoms with Crippen molar-refractivity contribution in [3.8, 4) is 0 Å². The van der Waals surface area contributed by atoms with Crippen LogP contribution in [0, 0.1) is 5.82 Å². The number of likely N-dealkylation sites (tertiary alicyclic amines) is 1.